The van der Waals surface area contributed by atoms with Crippen LogP contribution in [0.4, 0.5) is 4.79 Å². The number of carboxylic acid groups (broad SMARTS) is 1. The molecular formula is C11H17N3O4. The molecule has 18 heavy (non-hydrogen) atoms. The molecule has 0 aromatic carbocycles. The Morgan fingerprint density at radius 1 is 1.61 bits per heavy atom. The summed E-state index contributed by atoms with van der Waals surface area (Å²) < 4.78 is 4.64. The van der Waals surface area contributed by atoms with Crippen molar-refractivity contribution in [3.63, 3.8) is 0 Å². The molecule has 1 unspecified atom stereocenters. The van der Waals surface area contributed by atoms with Gasteiger partial charge in [-0.05, 0) is 13.8 Å². The highest BCUT2D eigenvalue weighted by atomic mass is 16.5. The van der Waals surface area contributed by atoms with Crippen LogP contribution in [0.15, 0.2) is 16.9 Å². The smallest absolute Gasteiger partial charge is 0.317 e. The molecule has 0 bridgehead atoms. The standard InChI is InChI=1S/C11H17N3O4/c1-3-14(8(2)6-10(15)16)11(17)12-7-9-4-5-18-13-9/h4-5,8H,3,6-7H2,1-2H3,(H,12,17)(H,15,16). The lowest BCUT2D eigenvalue weighted by atomic mass is 10.2. The number of carbonyl (C=O) groups excluding carboxylic acids is 1. The van der Waals surface area contributed by atoms with Gasteiger partial charge in [-0.1, -0.05) is 5.16 Å². The van der Waals surface area contributed by atoms with E-state index in [4.69, 9.17) is 5.11 Å². The molecule has 1 aromatic heterocycles. The van der Waals surface area contributed by atoms with E-state index in [1.54, 1.807) is 19.9 Å². The minimum atomic E-state index is -0.926. The lowest BCUT2D eigenvalue weighted by Gasteiger charge is -2.26. The zero-order valence-corrected chi connectivity index (χ0v) is 10.4. The van der Waals surface area contributed by atoms with Crippen LogP contribution in [-0.4, -0.2) is 39.8 Å². The molecule has 0 spiro atoms. The Hall–Kier alpha value is -2.05. The minimum absolute atomic E-state index is 0.0782. The highest BCUT2D eigenvalue weighted by molar-refractivity contribution is 5.75. The van der Waals surface area contributed by atoms with Gasteiger partial charge in [0, 0.05) is 18.7 Å². The fourth-order valence-electron chi connectivity index (χ4n) is 1.61. The van der Waals surface area contributed by atoms with Crippen LogP contribution >= 0.6 is 0 Å². The molecule has 100 valence electrons. The van der Waals surface area contributed by atoms with Crippen LogP contribution in [0.2, 0.25) is 0 Å². The topological polar surface area (TPSA) is 95.7 Å². The van der Waals surface area contributed by atoms with Crippen molar-refractivity contribution in [1.82, 2.24) is 15.4 Å². The van der Waals surface area contributed by atoms with Gasteiger partial charge >= 0.3 is 12.0 Å². The average molecular weight is 255 g/mol. The first-order valence-corrected chi connectivity index (χ1v) is 5.70. The van der Waals surface area contributed by atoms with Crippen LogP contribution in [-0.2, 0) is 11.3 Å². The maximum absolute atomic E-state index is 11.9. The number of nitrogens with one attached hydrogen (secondary N) is 1. The Morgan fingerprint density at radius 3 is 2.83 bits per heavy atom. The summed E-state index contributed by atoms with van der Waals surface area (Å²) in [5, 5.41) is 15.0. The molecule has 1 atom stereocenters. The number of carbonyl (C=O) groups is 2. The Kier molecular flexibility index (Phi) is 5.16. The SMILES string of the molecule is CCN(C(=O)NCc1ccon1)C(C)CC(=O)O. The number of aliphatic carboxylic acids is 1. The van der Waals surface area contributed by atoms with Crippen LogP contribution in [0, 0.1) is 0 Å². The third-order valence-corrected chi connectivity index (χ3v) is 2.52. The molecule has 0 saturated carbocycles. The van der Waals surface area contributed by atoms with Crippen molar-refractivity contribution in [3.8, 4) is 0 Å². The van der Waals surface area contributed by atoms with E-state index >= 15 is 0 Å². The Balaban J connectivity index is 2.48. The van der Waals surface area contributed by atoms with E-state index in [9.17, 15) is 9.59 Å². The van der Waals surface area contributed by atoms with E-state index in [2.05, 4.69) is 15.0 Å². The van der Waals surface area contributed by atoms with Crippen molar-refractivity contribution in [1.29, 1.82) is 0 Å². The summed E-state index contributed by atoms with van der Waals surface area (Å²) in [6.07, 6.45) is 1.34. The lowest BCUT2D eigenvalue weighted by molar-refractivity contribution is -0.138. The van der Waals surface area contributed by atoms with Gasteiger partial charge in [0.1, 0.15) is 12.0 Å². The number of urea groups is 1. The van der Waals surface area contributed by atoms with Crippen molar-refractivity contribution in [3.05, 3.63) is 18.0 Å². The first kappa shape index (κ1) is 14.0. The van der Waals surface area contributed by atoms with Crippen molar-refractivity contribution in [2.45, 2.75) is 32.9 Å². The van der Waals surface area contributed by atoms with Crippen molar-refractivity contribution in [2.75, 3.05) is 6.54 Å². The number of hydrogen-bond donors (Lipinski definition) is 2. The number of amides is 2. The molecule has 0 aliphatic rings. The largest absolute Gasteiger partial charge is 0.481 e. The van der Waals surface area contributed by atoms with Crippen molar-refractivity contribution >= 4 is 12.0 Å². The van der Waals surface area contributed by atoms with Gasteiger partial charge in [-0.2, -0.15) is 0 Å². The molecule has 1 heterocycles. The van der Waals surface area contributed by atoms with E-state index in [-0.39, 0.29) is 25.0 Å². The van der Waals surface area contributed by atoms with E-state index < -0.39 is 5.97 Å². The van der Waals surface area contributed by atoms with Crippen molar-refractivity contribution < 1.29 is 19.2 Å². The summed E-state index contributed by atoms with van der Waals surface area (Å²) >= 11 is 0. The van der Waals surface area contributed by atoms with E-state index in [1.807, 2.05) is 0 Å². The van der Waals surface area contributed by atoms with Gasteiger partial charge in [-0.25, -0.2) is 4.79 Å². The van der Waals surface area contributed by atoms with Gasteiger partial charge in [0.05, 0.1) is 13.0 Å². The molecule has 7 nitrogen and oxygen atoms in total. The summed E-state index contributed by atoms with van der Waals surface area (Å²) in [6.45, 7) is 4.20. The molecule has 0 saturated heterocycles. The molecule has 0 aliphatic carbocycles. The molecular weight excluding hydrogens is 238 g/mol. The number of nitrogens with zero attached hydrogens (tertiary/aromatic N) is 2. The quantitative estimate of drug-likeness (QED) is 0.792. The van der Waals surface area contributed by atoms with Crippen LogP contribution in [0.5, 0.6) is 0 Å². The third kappa shape index (κ3) is 4.08. The first-order valence-electron chi connectivity index (χ1n) is 5.70. The maximum atomic E-state index is 11.9. The zero-order valence-electron chi connectivity index (χ0n) is 10.4. The summed E-state index contributed by atoms with van der Waals surface area (Å²) in [5.41, 5.74) is 0.616. The van der Waals surface area contributed by atoms with Crippen LogP contribution in [0.1, 0.15) is 26.0 Å². The molecule has 7 heteroatoms. The van der Waals surface area contributed by atoms with Crippen LogP contribution in [0.25, 0.3) is 0 Å². The second kappa shape index (κ2) is 6.63. The summed E-state index contributed by atoms with van der Waals surface area (Å²) in [7, 11) is 0. The van der Waals surface area contributed by atoms with Gasteiger partial charge < -0.3 is 19.8 Å². The number of hydrogen-bond acceptors (Lipinski definition) is 4. The molecule has 0 fully saturated rings. The number of carboxylic acids is 1. The van der Waals surface area contributed by atoms with Gasteiger partial charge in [0.25, 0.3) is 0 Å². The second-order valence-electron chi connectivity index (χ2n) is 3.88. The normalized spacial score (nSPS) is 11.9. The predicted molar refractivity (Wildman–Crippen MR) is 62.8 cm³/mol. The molecule has 1 aromatic rings. The van der Waals surface area contributed by atoms with E-state index in [0.29, 0.717) is 12.2 Å². The number of aromatic nitrogens is 1. The van der Waals surface area contributed by atoms with E-state index in [1.165, 1.54) is 11.2 Å². The second-order valence-corrected chi connectivity index (χ2v) is 3.88. The average Bonchev–Trinajstić information content (AvgIpc) is 2.79. The summed E-state index contributed by atoms with van der Waals surface area (Å²) in [4.78, 5) is 23.9. The Labute approximate surface area is 105 Å². The molecule has 1 rings (SSSR count). The molecule has 2 N–H and O–H groups in total. The maximum Gasteiger partial charge on any atom is 0.317 e. The van der Waals surface area contributed by atoms with Gasteiger partial charge in [0.15, 0.2) is 0 Å². The highest BCUT2D eigenvalue weighted by Gasteiger charge is 2.20. The third-order valence-electron chi connectivity index (χ3n) is 2.52. The highest BCUT2D eigenvalue weighted by Crippen LogP contribution is 2.04. The van der Waals surface area contributed by atoms with Crippen LogP contribution in [0.3, 0.4) is 0 Å². The minimum Gasteiger partial charge on any atom is -0.481 e. The molecule has 0 aliphatic heterocycles. The summed E-state index contributed by atoms with van der Waals surface area (Å²) in [5.74, 6) is -0.926. The Bertz CT molecular complexity index is 391. The lowest BCUT2D eigenvalue weighted by Crippen LogP contribution is -2.45. The predicted octanol–water partition coefficient (Wildman–Crippen LogP) is 1.07. The summed E-state index contributed by atoms with van der Waals surface area (Å²) in [6, 6.07) is 0.983. The fourth-order valence-corrected chi connectivity index (χ4v) is 1.61. The van der Waals surface area contributed by atoms with Crippen LogP contribution < -0.4 is 5.32 Å². The Morgan fingerprint density at radius 2 is 2.33 bits per heavy atom. The zero-order chi connectivity index (χ0) is 13.5. The monoisotopic (exact) mass is 255 g/mol. The fraction of sp³-hybridized carbons (Fsp3) is 0.545. The van der Waals surface area contributed by atoms with Gasteiger partial charge in [-0.3, -0.25) is 4.79 Å². The van der Waals surface area contributed by atoms with Crippen molar-refractivity contribution in [2.24, 2.45) is 0 Å². The molecule has 0 radical (unpaired) electrons. The first-order chi connectivity index (χ1) is 8.54. The van der Waals surface area contributed by atoms with E-state index in [0.717, 1.165) is 0 Å². The number of rotatable bonds is 6. The van der Waals surface area contributed by atoms with Gasteiger partial charge in [-0.15, -0.1) is 0 Å². The molecule has 2 amide bonds. The van der Waals surface area contributed by atoms with Gasteiger partial charge in [0.2, 0.25) is 0 Å².